The molecule has 126 valence electrons. The number of rotatable bonds is 5. The van der Waals surface area contributed by atoms with E-state index in [1.165, 1.54) is 0 Å². The maximum absolute atomic E-state index is 12.5. The lowest BCUT2D eigenvalue weighted by Gasteiger charge is -2.34. The van der Waals surface area contributed by atoms with E-state index in [2.05, 4.69) is 10.3 Å². The van der Waals surface area contributed by atoms with Crippen LogP contribution in [0.1, 0.15) is 16.3 Å². The Kier molecular flexibility index (Phi) is 5.22. The number of nitrogens with one attached hydrogen (secondary N) is 1. The molecule has 1 unspecified atom stereocenters. The molecular weight excluding hydrogens is 326 g/mol. The van der Waals surface area contributed by atoms with Crippen molar-refractivity contribution in [3.05, 3.63) is 52.0 Å². The number of thiazole rings is 1. The molecule has 1 fully saturated rings. The van der Waals surface area contributed by atoms with Crippen LogP contribution in [0.5, 0.6) is 0 Å². The first kappa shape index (κ1) is 16.6. The highest BCUT2D eigenvalue weighted by Gasteiger charge is 2.33. The van der Waals surface area contributed by atoms with Gasteiger partial charge in [0.25, 0.3) is 0 Å². The SMILES string of the molecule is Cc1nc(CNC(=O)C2COCC(=O)N2Cc2ccccc2)cs1. The molecule has 24 heavy (non-hydrogen) atoms. The predicted molar refractivity (Wildman–Crippen MR) is 90.3 cm³/mol. The fourth-order valence-electron chi connectivity index (χ4n) is 2.59. The molecule has 1 atom stereocenters. The average Bonchev–Trinajstić information content (AvgIpc) is 3.01. The fraction of sp³-hybridized carbons (Fsp3) is 0.353. The summed E-state index contributed by atoms with van der Waals surface area (Å²) in [6.45, 7) is 2.90. The third-order valence-corrected chi connectivity index (χ3v) is 4.63. The number of nitrogens with zero attached hydrogens (tertiary/aromatic N) is 2. The van der Waals surface area contributed by atoms with Crippen LogP contribution in [0.4, 0.5) is 0 Å². The zero-order valence-electron chi connectivity index (χ0n) is 13.4. The molecule has 2 heterocycles. The number of aryl methyl sites for hydroxylation is 1. The van der Waals surface area contributed by atoms with Crippen molar-refractivity contribution in [1.29, 1.82) is 0 Å². The van der Waals surface area contributed by atoms with Crippen molar-refractivity contribution in [3.8, 4) is 0 Å². The minimum Gasteiger partial charge on any atom is -0.369 e. The molecule has 1 N–H and O–H groups in total. The summed E-state index contributed by atoms with van der Waals surface area (Å²) in [7, 11) is 0. The molecule has 1 aliphatic rings. The molecular formula is C17H19N3O3S. The summed E-state index contributed by atoms with van der Waals surface area (Å²) < 4.78 is 5.27. The largest absolute Gasteiger partial charge is 0.369 e. The first-order valence-corrected chi connectivity index (χ1v) is 8.61. The Morgan fingerprint density at radius 3 is 2.92 bits per heavy atom. The van der Waals surface area contributed by atoms with Crippen LogP contribution >= 0.6 is 11.3 Å². The van der Waals surface area contributed by atoms with Crippen molar-refractivity contribution in [2.75, 3.05) is 13.2 Å². The van der Waals surface area contributed by atoms with Gasteiger partial charge < -0.3 is 15.0 Å². The van der Waals surface area contributed by atoms with Crippen molar-refractivity contribution in [3.63, 3.8) is 0 Å². The van der Waals surface area contributed by atoms with E-state index in [0.29, 0.717) is 13.1 Å². The summed E-state index contributed by atoms with van der Waals surface area (Å²) in [5.41, 5.74) is 1.81. The molecule has 2 aromatic rings. The summed E-state index contributed by atoms with van der Waals surface area (Å²) >= 11 is 1.54. The molecule has 7 heteroatoms. The number of ether oxygens (including phenoxy) is 1. The molecule has 1 aliphatic heterocycles. The molecule has 1 aromatic carbocycles. The molecule has 3 rings (SSSR count). The zero-order chi connectivity index (χ0) is 16.9. The molecule has 6 nitrogen and oxygen atoms in total. The minimum atomic E-state index is -0.619. The second-order valence-corrected chi connectivity index (χ2v) is 6.68. The third-order valence-electron chi connectivity index (χ3n) is 3.81. The van der Waals surface area contributed by atoms with Gasteiger partial charge in [-0.15, -0.1) is 11.3 Å². The predicted octanol–water partition coefficient (Wildman–Crippen LogP) is 1.50. The zero-order valence-corrected chi connectivity index (χ0v) is 14.2. The highest BCUT2D eigenvalue weighted by atomic mass is 32.1. The fourth-order valence-corrected chi connectivity index (χ4v) is 3.20. The molecule has 1 aromatic heterocycles. The van der Waals surface area contributed by atoms with Gasteiger partial charge in [-0.2, -0.15) is 0 Å². The number of morpholine rings is 1. The smallest absolute Gasteiger partial charge is 0.249 e. The van der Waals surface area contributed by atoms with Gasteiger partial charge >= 0.3 is 0 Å². The molecule has 0 saturated carbocycles. The van der Waals surface area contributed by atoms with Gasteiger partial charge in [-0.3, -0.25) is 9.59 Å². The van der Waals surface area contributed by atoms with Gasteiger partial charge in [-0.1, -0.05) is 30.3 Å². The lowest BCUT2D eigenvalue weighted by atomic mass is 10.1. The van der Waals surface area contributed by atoms with E-state index in [4.69, 9.17) is 4.74 Å². The van der Waals surface area contributed by atoms with E-state index in [1.54, 1.807) is 16.2 Å². The lowest BCUT2D eigenvalue weighted by Crippen LogP contribution is -2.55. The summed E-state index contributed by atoms with van der Waals surface area (Å²) in [5.74, 6) is -0.389. The molecule has 2 amide bonds. The number of carbonyl (C=O) groups excluding carboxylic acids is 2. The van der Waals surface area contributed by atoms with Gasteiger partial charge in [0.2, 0.25) is 11.8 Å². The molecule has 0 radical (unpaired) electrons. The first-order valence-electron chi connectivity index (χ1n) is 7.73. The van der Waals surface area contributed by atoms with E-state index in [0.717, 1.165) is 16.3 Å². The summed E-state index contributed by atoms with van der Waals surface area (Å²) in [5, 5.41) is 5.73. The van der Waals surface area contributed by atoms with Gasteiger partial charge in [0.15, 0.2) is 0 Å². The number of benzene rings is 1. The molecule has 0 aliphatic carbocycles. The Balaban J connectivity index is 1.66. The highest BCUT2D eigenvalue weighted by Crippen LogP contribution is 2.14. The number of amides is 2. The van der Waals surface area contributed by atoms with E-state index in [9.17, 15) is 9.59 Å². The first-order chi connectivity index (χ1) is 11.6. The van der Waals surface area contributed by atoms with Crippen molar-refractivity contribution in [2.24, 2.45) is 0 Å². The Hall–Kier alpha value is -2.25. The Bertz CT molecular complexity index is 717. The van der Waals surface area contributed by atoms with Gasteiger partial charge in [-0.25, -0.2) is 4.98 Å². The topological polar surface area (TPSA) is 71.5 Å². The van der Waals surface area contributed by atoms with Crippen LogP contribution in [0.2, 0.25) is 0 Å². The Labute approximate surface area is 144 Å². The normalized spacial score (nSPS) is 17.8. The Morgan fingerprint density at radius 1 is 1.42 bits per heavy atom. The van der Waals surface area contributed by atoms with Crippen molar-refractivity contribution < 1.29 is 14.3 Å². The molecule has 1 saturated heterocycles. The van der Waals surface area contributed by atoms with E-state index in [1.807, 2.05) is 42.6 Å². The number of hydrogen-bond acceptors (Lipinski definition) is 5. The van der Waals surface area contributed by atoms with Gasteiger partial charge in [0.05, 0.1) is 23.9 Å². The maximum Gasteiger partial charge on any atom is 0.249 e. The van der Waals surface area contributed by atoms with Gasteiger partial charge in [0, 0.05) is 11.9 Å². The van der Waals surface area contributed by atoms with Crippen molar-refractivity contribution in [1.82, 2.24) is 15.2 Å². The van der Waals surface area contributed by atoms with Gasteiger partial charge in [0.1, 0.15) is 12.6 Å². The van der Waals surface area contributed by atoms with Gasteiger partial charge in [-0.05, 0) is 12.5 Å². The summed E-state index contributed by atoms with van der Waals surface area (Å²) in [4.78, 5) is 30.6. The second-order valence-electron chi connectivity index (χ2n) is 5.61. The van der Waals surface area contributed by atoms with Crippen LogP contribution in [0.15, 0.2) is 35.7 Å². The average molecular weight is 345 g/mol. The monoisotopic (exact) mass is 345 g/mol. The lowest BCUT2D eigenvalue weighted by molar-refractivity contribution is -0.155. The van der Waals surface area contributed by atoms with E-state index < -0.39 is 6.04 Å². The van der Waals surface area contributed by atoms with Crippen LogP contribution < -0.4 is 5.32 Å². The van der Waals surface area contributed by atoms with Crippen LogP contribution in [0.25, 0.3) is 0 Å². The number of carbonyl (C=O) groups is 2. The maximum atomic E-state index is 12.5. The number of hydrogen-bond donors (Lipinski definition) is 1. The summed E-state index contributed by atoms with van der Waals surface area (Å²) in [6, 6.07) is 9.02. The summed E-state index contributed by atoms with van der Waals surface area (Å²) in [6.07, 6.45) is 0. The van der Waals surface area contributed by atoms with Crippen LogP contribution in [0.3, 0.4) is 0 Å². The van der Waals surface area contributed by atoms with E-state index in [-0.39, 0.29) is 25.0 Å². The molecule has 0 bridgehead atoms. The molecule has 0 spiro atoms. The third kappa shape index (κ3) is 3.98. The van der Waals surface area contributed by atoms with Crippen LogP contribution in [-0.2, 0) is 27.4 Å². The van der Waals surface area contributed by atoms with Crippen molar-refractivity contribution in [2.45, 2.75) is 26.1 Å². The Morgan fingerprint density at radius 2 is 2.21 bits per heavy atom. The number of aromatic nitrogens is 1. The minimum absolute atomic E-state index is 0.0158. The second kappa shape index (κ2) is 7.55. The quantitative estimate of drug-likeness (QED) is 0.891. The van der Waals surface area contributed by atoms with Crippen LogP contribution in [0, 0.1) is 6.92 Å². The standard InChI is InChI=1S/C17H19N3O3S/c1-12-19-14(11-24-12)7-18-17(22)15-9-23-10-16(21)20(15)8-13-5-3-2-4-6-13/h2-6,11,15H,7-10H2,1H3,(H,18,22). The highest BCUT2D eigenvalue weighted by molar-refractivity contribution is 7.09. The van der Waals surface area contributed by atoms with Crippen LogP contribution in [-0.4, -0.2) is 41.0 Å². The van der Waals surface area contributed by atoms with E-state index >= 15 is 0 Å². The van der Waals surface area contributed by atoms with Crippen molar-refractivity contribution >= 4 is 23.2 Å².